The van der Waals surface area contributed by atoms with Crippen molar-refractivity contribution in [1.29, 1.82) is 0 Å². The van der Waals surface area contributed by atoms with E-state index in [1.807, 2.05) is 12.1 Å². The van der Waals surface area contributed by atoms with Crippen LogP contribution in [0.1, 0.15) is 51.0 Å². The van der Waals surface area contributed by atoms with Crippen LogP contribution in [-0.2, 0) is 0 Å². The molecular formula is C15H26N2. The third-order valence-corrected chi connectivity index (χ3v) is 2.96. The first-order valence-corrected chi connectivity index (χ1v) is 6.83. The number of nitrogen functional groups attached to an aromatic ring is 1. The molecule has 1 aromatic carbocycles. The molecule has 0 fully saturated rings. The minimum atomic E-state index is 0.843. The molecule has 0 aromatic heterocycles. The van der Waals surface area contributed by atoms with Crippen LogP contribution in [0.15, 0.2) is 18.2 Å². The first kappa shape index (κ1) is 13.9. The Bertz CT molecular complexity index is 300. The molecule has 0 aliphatic heterocycles. The van der Waals surface area contributed by atoms with Crippen molar-refractivity contribution in [2.24, 2.45) is 0 Å². The van der Waals surface area contributed by atoms with Crippen LogP contribution >= 0.6 is 0 Å². The summed E-state index contributed by atoms with van der Waals surface area (Å²) in [6.07, 6.45) is 8.02. The van der Waals surface area contributed by atoms with Crippen molar-refractivity contribution in [2.75, 3.05) is 17.6 Å². The van der Waals surface area contributed by atoms with E-state index in [9.17, 15) is 0 Å². The molecule has 17 heavy (non-hydrogen) atoms. The van der Waals surface area contributed by atoms with Crippen molar-refractivity contribution in [1.82, 2.24) is 0 Å². The summed E-state index contributed by atoms with van der Waals surface area (Å²) in [7, 11) is 0. The fraction of sp³-hybridized carbons (Fsp3) is 0.600. The summed E-state index contributed by atoms with van der Waals surface area (Å²) < 4.78 is 0. The minimum Gasteiger partial charge on any atom is -0.399 e. The van der Waals surface area contributed by atoms with Crippen LogP contribution < -0.4 is 11.1 Å². The average Bonchev–Trinajstić information content (AvgIpc) is 2.26. The predicted octanol–water partition coefficient (Wildman–Crippen LogP) is 4.35. The van der Waals surface area contributed by atoms with E-state index in [2.05, 4.69) is 25.2 Å². The largest absolute Gasteiger partial charge is 0.399 e. The van der Waals surface area contributed by atoms with Crippen LogP contribution in [0.5, 0.6) is 0 Å². The highest BCUT2D eigenvalue weighted by molar-refractivity contribution is 5.56. The zero-order chi connectivity index (χ0) is 12.5. The molecule has 0 saturated heterocycles. The fourth-order valence-electron chi connectivity index (χ4n) is 2.05. The van der Waals surface area contributed by atoms with E-state index in [4.69, 9.17) is 5.73 Å². The van der Waals surface area contributed by atoms with Crippen molar-refractivity contribution < 1.29 is 0 Å². The maximum atomic E-state index is 5.80. The Labute approximate surface area is 106 Å². The molecule has 0 spiro atoms. The number of hydrogen-bond donors (Lipinski definition) is 2. The number of anilines is 2. The molecule has 0 atom stereocenters. The molecule has 2 heteroatoms. The Morgan fingerprint density at radius 2 is 1.71 bits per heavy atom. The van der Waals surface area contributed by atoms with E-state index in [1.54, 1.807) is 0 Å². The number of nitrogens with one attached hydrogen (secondary N) is 1. The maximum absolute atomic E-state index is 5.80. The lowest BCUT2D eigenvalue weighted by Gasteiger charge is -2.08. The van der Waals surface area contributed by atoms with Crippen LogP contribution in [0, 0.1) is 6.92 Å². The van der Waals surface area contributed by atoms with Crippen LogP contribution in [-0.4, -0.2) is 6.54 Å². The van der Waals surface area contributed by atoms with Crippen LogP contribution in [0.3, 0.4) is 0 Å². The maximum Gasteiger partial charge on any atom is 0.0363 e. The predicted molar refractivity (Wildman–Crippen MR) is 77.5 cm³/mol. The lowest BCUT2D eigenvalue weighted by Crippen LogP contribution is -2.02. The second-order valence-electron chi connectivity index (χ2n) is 4.83. The molecule has 0 heterocycles. The van der Waals surface area contributed by atoms with Gasteiger partial charge in [-0.1, -0.05) is 39.0 Å². The van der Waals surface area contributed by atoms with Gasteiger partial charge in [0, 0.05) is 17.9 Å². The monoisotopic (exact) mass is 234 g/mol. The molecule has 0 unspecified atom stereocenters. The van der Waals surface area contributed by atoms with Crippen molar-refractivity contribution in [2.45, 2.75) is 52.4 Å². The topological polar surface area (TPSA) is 38.0 Å². The smallest absolute Gasteiger partial charge is 0.0363 e. The zero-order valence-corrected chi connectivity index (χ0v) is 11.3. The molecule has 96 valence electrons. The van der Waals surface area contributed by atoms with Gasteiger partial charge in [0.25, 0.3) is 0 Å². The summed E-state index contributed by atoms with van der Waals surface area (Å²) in [6.45, 7) is 5.38. The van der Waals surface area contributed by atoms with Crippen LogP contribution in [0.25, 0.3) is 0 Å². The quantitative estimate of drug-likeness (QED) is 0.518. The van der Waals surface area contributed by atoms with Gasteiger partial charge in [-0.2, -0.15) is 0 Å². The van der Waals surface area contributed by atoms with Gasteiger partial charge in [-0.25, -0.2) is 0 Å². The average molecular weight is 234 g/mol. The number of benzene rings is 1. The second-order valence-corrected chi connectivity index (χ2v) is 4.83. The first-order chi connectivity index (χ1) is 8.22. The van der Waals surface area contributed by atoms with Crippen molar-refractivity contribution in [3.63, 3.8) is 0 Å². The Balaban J connectivity index is 2.13. The number of unbranched alkanes of at least 4 members (excludes halogenated alkanes) is 5. The van der Waals surface area contributed by atoms with Crippen LogP contribution in [0.2, 0.25) is 0 Å². The zero-order valence-electron chi connectivity index (χ0n) is 11.3. The summed E-state index contributed by atoms with van der Waals surface area (Å²) >= 11 is 0. The standard InChI is InChI=1S/C15H26N2/c1-3-4-5-6-7-8-9-17-15-11-13(2)10-14(16)12-15/h10-12,17H,3-9,16H2,1-2H3. The Morgan fingerprint density at radius 3 is 2.41 bits per heavy atom. The number of rotatable bonds is 8. The Morgan fingerprint density at radius 1 is 1.00 bits per heavy atom. The van der Waals surface area contributed by atoms with Gasteiger partial charge in [0.05, 0.1) is 0 Å². The van der Waals surface area contributed by atoms with Crippen molar-refractivity contribution in [3.05, 3.63) is 23.8 Å². The van der Waals surface area contributed by atoms with E-state index in [0.717, 1.165) is 17.9 Å². The molecule has 0 aliphatic carbocycles. The molecule has 0 aliphatic rings. The Hall–Kier alpha value is -1.18. The van der Waals surface area contributed by atoms with Gasteiger partial charge < -0.3 is 11.1 Å². The number of nitrogens with two attached hydrogens (primary N) is 1. The van der Waals surface area contributed by atoms with Crippen molar-refractivity contribution in [3.8, 4) is 0 Å². The third kappa shape index (κ3) is 6.20. The van der Waals surface area contributed by atoms with Gasteiger partial charge in [0.1, 0.15) is 0 Å². The molecule has 0 radical (unpaired) electrons. The molecule has 1 aromatic rings. The second kappa shape index (κ2) is 7.99. The summed E-state index contributed by atoms with van der Waals surface area (Å²) in [5.41, 5.74) is 9.01. The van der Waals surface area contributed by atoms with Gasteiger partial charge >= 0.3 is 0 Å². The van der Waals surface area contributed by atoms with Gasteiger partial charge in [-0.3, -0.25) is 0 Å². The van der Waals surface area contributed by atoms with E-state index in [0.29, 0.717) is 0 Å². The van der Waals surface area contributed by atoms with Crippen molar-refractivity contribution >= 4 is 11.4 Å². The SMILES string of the molecule is CCCCCCCCNc1cc(C)cc(N)c1. The summed E-state index contributed by atoms with van der Waals surface area (Å²) in [5.74, 6) is 0. The highest BCUT2D eigenvalue weighted by Crippen LogP contribution is 2.16. The fourth-order valence-corrected chi connectivity index (χ4v) is 2.05. The van der Waals surface area contributed by atoms with Gasteiger partial charge in [0.2, 0.25) is 0 Å². The molecule has 3 N–H and O–H groups in total. The van der Waals surface area contributed by atoms with E-state index in [1.165, 1.54) is 44.1 Å². The Kier molecular flexibility index (Phi) is 6.53. The van der Waals surface area contributed by atoms with Gasteiger partial charge in [0.15, 0.2) is 0 Å². The van der Waals surface area contributed by atoms with Gasteiger partial charge in [-0.05, 0) is 37.1 Å². The number of hydrogen-bond acceptors (Lipinski definition) is 2. The molecule has 0 amide bonds. The normalized spacial score (nSPS) is 10.5. The summed E-state index contributed by atoms with van der Waals surface area (Å²) in [4.78, 5) is 0. The molecule has 2 nitrogen and oxygen atoms in total. The van der Waals surface area contributed by atoms with E-state index < -0.39 is 0 Å². The van der Waals surface area contributed by atoms with E-state index in [-0.39, 0.29) is 0 Å². The molecule has 0 saturated carbocycles. The summed E-state index contributed by atoms with van der Waals surface area (Å²) in [6, 6.07) is 6.15. The molecular weight excluding hydrogens is 208 g/mol. The third-order valence-electron chi connectivity index (χ3n) is 2.96. The van der Waals surface area contributed by atoms with E-state index >= 15 is 0 Å². The highest BCUT2D eigenvalue weighted by atomic mass is 14.9. The number of aryl methyl sites for hydroxylation is 1. The highest BCUT2D eigenvalue weighted by Gasteiger charge is 1.95. The lowest BCUT2D eigenvalue weighted by atomic mass is 10.1. The van der Waals surface area contributed by atoms with Crippen LogP contribution in [0.4, 0.5) is 11.4 Å². The molecule has 1 rings (SSSR count). The molecule has 0 bridgehead atoms. The minimum absolute atomic E-state index is 0.843. The lowest BCUT2D eigenvalue weighted by molar-refractivity contribution is 0.617. The summed E-state index contributed by atoms with van der Waals surface area (Å²) in [5, 5.41) is 3.44. The van der Waals surface area contributed by atoms with Gasteiger partial charge in [-0.15, -0.1) is 0 Å². The first-order valence-electron chi connectivity index (χ1n) is 6.83.